The Hall–Kier alpha value is -9.98. The van der Waals surface area contributed by atoms with Crippen LogP contribution in [-0.2, 0) is 77.0 Å². The molecule has 6 aromatic carbocycles. The van der Waals surface area contributed by atoms with Crippen molar-refractivity contribution in [1.29, 1.82) is 0 Å². The number of aromatic nitrogens is 3. The summed E-state index contributed by atoms with van der Waals surface area (Å²) in [5.74, 6) is -3.06. The molecule has 6 aliphatic rings. The van der Waals surface area contributed by atoms with Gasteiger partial charge in [-0.25, -0.2) is 64.2 Å². The summed E-state index contributed by atoms with van der Waals surface area (Å²) in [5.41, 5.74) is 2.06. The third-order valence-electron chi connectivity index (χ3n) is 22.3. The van der Waals surface area contributed by atoms with Crippen molar-refractivity contribution >= 4 is 180 Å². The molecule has 3 unspecified atom stereocenters. The van der Waals surface area contributed by atoms with E-state index in [1.54, 1.807) is 24.5 Å². The first-order valence-corrected chi connectivity index (χ1v) is 55.1. The Kier molecular flexibility index (Phi) is 48.3. The average Bonchev–Trinajstić information content (AvgIpc) is 1.55. The number of aromatic amines is 3. The molecule has 0 spiro atoms. The monoisotopic (exact) mass is 2360 g/mol. The van der Waals surface area contributed by atoms with Crippen LogP contribution in [-0.4, -0.2) is 243 Å². The molecule has 3 aliphatic heterocycles. The second-order valence-corrected chi connectivity index (χ2v) is 45.4. The zero-order chi connectivity index (χ0) is 107. The highest BCUT2D eigenvalue weighted by Gasteiger charge is 2.46. The van der Waals surface area contributed by atoms with Gasteiger partial charge in [0, 0.05) is 97.6 Å². The predicted octanol–water partition coefficient (Wildman–Crippen LogP) is 16.3. The number of rotatable bonds is 41. The zero-order valence-corrected chi connectivity index (χ0v) is 90.4. The molecule has 1 amide bonds. The number of carboxylic acid groups (broad SMARTS) is 2. The number of thioether (sulfide) groups is 3. The summed E-state index contributed by atoms with van der Waals surface area (Å²) in [6.07, 6.45) is 12.1. The normalized spacial score (nSPS) is 16.4. The molecule has 9 aromatic rings. The van der Waals surface area contributed by atoms with Gasteiger partial charge in [-0.15, -0.1) is 35.3 Å². The Balaban J connectivity index is 0.000000253. The van der Waals surface area contributed by atoms with Crippen LogP contribution < -0.4 is 68.2 Å². The summed E-state index contributed by atoms with van der Waals surface area (Å²) < 4.78 is 222. The SMILES string of the molecule is CNC.COc1ccc(S(=O)(=O)Cl)cc1C(=O)O.COc1ccc(S(=O)(=O)N2CCSC2C(=O)O[C@@H](Cc2c(Cl)c[nH+]cc2Cl)c2ccc(OC(F)F)c(OCC3CC3)c2)cc1C(=O)N(C)C.COc1ccc(S(=O)(=O)N2CCSC2C(=O)O[C@@H](Cc2c(Cl)c[nH+]cc2Cl)c2ccc(OC(F)F)c(OCC3CC3)c2)cc1C(=O)O.O=C(O[C@@H](Cc1c(Cl)c[nH+]cc1Cl)c1ccc(OC(F)F)c(OCC2CC2)c1)C1NCCS1.[OH-].[OH-].[OH-]. The molecule has 37 nitrogen and oxygen atoms in total. The van der Waals surface area contributed by atoms with E-state index in [0.29, 0.717) is 75.0 Å². The lowest BCUT2D eigenvalue weighted by atomic mass is 10.0. The number of nitrogens with one attached hydrogen (secondary N) is 5. The Morgan fingerprint density at radius 2 is 0.727 bits per heavy atom. The second kappa shape index (κ2) is 57.8. The number of carbonyl (C=O) groups is 6. The molecule has 6 fully saturated rings. The molecule has 10 N–H and O–H groups in total. The lowest BCUT2D eigenvalue weighted by Crippen LogP contribution is -2.40. The molecule has 150 heavy (non-hydrogen) atoms. The standard InChI is InChI=1S/C32H33Cl2F2N3O8S2.C30H28Cl2F2N2O9S2.C22H22Cl2F2N2O4S.C8H7ClO5S.C2H7N.3H2O/c1-38(2)29(40)22-13-20(7-9-25(22)44-3)49(42,43)39-10-11-48-30(39)31(41)46-27(14-21-23(33)15-37-16-24(21)34)19-6-8-26(47-32(35)36)28(12-19)45-17-18-4-5-18;1-42-23-7-5-18(11-20(23)28(37)38)47(40,41)36-8-9-46-27(36)29(39)44-25(12-19-21(31)13-35-14-22(19)32)17-4-6-24(45-30(33)34)26(10-17)43-15-16-2-3-16;23-15-9-27-10-16(24)14(15)8-18(31-21(29)20-28-5-6-33-20)13-3-4-17(32-22(25)26)19(7-13)30-11-12-1-2-12;1-14-7-3-2-5(15(9,12)13)4-6(7)8(10)11;1-3-2;;;/h6-9,12-13,15-16,18,27,30,32H,4-5,10-11,14,17H2,1-3H3;4-7,10-11,13-14,16,25,27,30H,2-3,8-9,12,15H2,1H3,(H,37,38);3-4,7,9-10,12,18,20,22,28H,1-2,5-6,8,11H2;2-4H,1H3,(H,10,11);3H,1-2H3;3*1H2/t27-,30?;25-,27?;18-,20?;;;;;/m000...../s1. The van der Waals surface area contributed by atoms with Gasteiger partial charge in [0.05, 0.1) is 61.4 Å². The second-order valence-electron chi connectivity index (χ2n) is 33.0. The third kappa shape index (κ3) is 34.8. The van der Waals surface area contributed by atoms with Crippen LogP contribution >= 0.6 is 116 Å². The van der Waals surface area contributed by atoms with Crippen LogP contribution in [0, 0.1) is 17.8 Å². The van der Waals surface area contributed by atoms with Gasteiger partial charge in [0.2, 0.25) is 20.0 Å². The van der Waals surface area contributed by atoms with Gasteiger partial charge < -0.3 is 93.7 Å². The number of nitrogens with zero attached hydrogens (tertiary/aromatic N) is 3. The summed E-state index contributed by atoms with van der Waals surface area (Å²) in [4.78, 5) is 84.7. The van der Waals surface area contributed by atoms with E-state index in [2.05, 4.69) is 39.8 Å². The Morgan fingerprint density at radius 3 is 1.01 bits per heavy atom. The number of amides is 1. The van der Waals surface area contributed by atoms with Crippen LogP contribution in [0.2, 0.25) is 30.1 Å². The summed E-state index contributed by atoms with van der Waals surface area (Å²) in [7, 11) is 3.15. The van der Waals surface area contributed by atoms with Crippen LogP contribution in [0.4, 0.5) is 26.3 Å². The van der Waals surface area contributed by atoms with Crippen molar-refractivity contribution in [1.82, 2.24) is 24.1 Å². The van der Waals surface area contributed by atoms with E-state index < -0.39 is 119 Å². The Bertz CT molecular complexity index is 6490. The summed E-state index contributed by atoms with van der Waals surface area (Å²) in [6.45, 7) is -7.59. The van der Waals surface area contributed by atoms with Crippen molar-refractivity contribution in [3.8, 4) is 51.7 Å². The molecule has 0 radical (unpaired) electrons. The lowest BCUT2D eigenvalue weighted by molar-refractivity contribution is -0.378. The quantitative estimate of drug-likeness (QED) is 0.0120. The number of esters is 3. The maximum absolute atomic E-state index is 13.9. The van der Waals surface area contributed by atoms with Gasteiger partial charge in [-0.2, -0.15) is 35.0 Å². The van der Waals surface area contributed by atoms with Crippen molar-refractivity contribution in [2.45, 2.75) is 127 Å². The first-order valence-electron chi connectivity index (χ1n) is 44.5. The van der Waals surface area contributed by atoms with E-state index in [-0.39, 0.29) is 176 Å². The van der Waals surface area contributed by atoms with E-state index in [0.717, 1.165) is 88.5 Å². The van der Waals surface area contributed by atoms with Crippen LogP contribution in [0.15, 0.2) is 161 Å². The predicted molar refractivity (Wildman–Crippen MR) is 540 cm³/mol. The molecule has 820 valence electrons. The van der Waals surface area contributed by atoms with E-state index in [1.807, 2.05) is 14.1 Å². The number of ether oxygens (including phenoxy) is 12. The maximum atomic E-state index is 13.9. The van der Waals surface area contributed by atoms with Crippen molar-refractivity contribution in [3.63, 3.8) is 0 Å². The van der Waals surface area contributed by atoms with Crippen molar-refractivity contribution in [2.75, 3.05) is 106 Å². The Morgan fingerprint density at radius 1 is 0.433 bits per heavy atom. The number of carboxylic acids is 2. The number of alkyl halides is 6. The van der Waals surface area contributed by atoms with E-state index in [4.69, 9.17) is 128 Å². The van der Waals surface area contributed by atoms with Crippen LogP contribution in [0.3, 0.4) is 0 Å². The highest BCUT2D eigenvalue weighted by atomic mass is 35.7. The molecule has 56 heteroatoms. The first-order chi connectivity index (χ1) is 69.8. The molecule has 6 heterocycles. The largest absolute Gasteiger partial charge is 0.870 e. The number of benzene rings is 6. The molecule has 3 aliphatic carbocycles. The summed E-state index contributed by atoms with van der Waals surface area (Å²) >= 11 is 41.9. The lowest BCUT2D eigenvalue weighted by Gasteiger charge is -2.26. The average molecular weight is 2360 g/mol. The summed E-state index contributed by atoms with van der Waals surface area (Å²) in [5, 5.41) is 22.8. The molecule has 3 saturated carbocycles. The fourth-order valence-electron chi connectivity index (χ4n) is 14.3. The minimum atomic E-state index is -4.38. The van der Waals surface area contributed by atoms with E-state index in [1.165, 1.54) is 162 Å². The fourth-order valence-corrected chi connectivity index (χ4v) is 23.7. The van der Waals surface area contributed by atoms with Gasteiger partial charge >= 0.3 is 49.7 Å². The van der Waals surface area contributed by atoms with Gasteiger partial charge in [-0.05, 0) is 178 Å². The minimum absolute atomic E-state index is 0. The molecule has 0 bridgehead atoms. The minimum Gasteiger partial charge on any atom is -0.870 e. The Labute approximate surface area is 905 Å². The van der Waals surface area contributed by atoms with Crippen molar-refractivity contribution < 1.29 is 179 Å². The third-order valence-corrected chi connectivity index (χ3v) is 33.1. The van der Waals surface area contributed by atoms with Crippen LogP contribution in [0.25, 0.3) is 0 Å². The number of carbonyl (C=O) groups excluding carboxylic acids is 4. The molecule has 3 saturated heterocycles. The molecule has 15 rings (SSSR count). The first kappa shape index (κ1) is 125. The number of pyridine rings is 3. The van der Waals surface area contributed by atoms with Gasteiger partial charge in [0.1, 0.15) is 76.8 Å². The zero-order valence-electron chi connectivity index (χ0n) is 80.3. The van der Waals surface area contributed by atoms with E-state index in [9.17, 15) is 85.5 Å². The van der Waals surface area contributed by atoms with Gasteiger partial charge in [0.15, 0.2) is 87.8 Å². The maximum Gasteiger partial charge on any atom is 0.387 e. The highest BCUT2D eigenvalue weighted by molar-refractivity contribution is 8.13. The van der Waals surface area contributed by atoms with E-state index >= 15 is 0 Å². The summed E-state index contributed by atoms with van der Waals surface area (Å²) in [6, 6.07) is 23.5. The smallest absolute Gasteiger partial charge is 0.387 e. The number of aromatic carboxylic acids is 2. The number of hydrogen-bond donors (Lipinski definition) is 4. The highest BCUT2D eigenvalue weighted by Crippen LogP contribution is 2.46. The molecule has 6 atom stereocenters. The molecular weight excluding hydrogens is 2260 g/mol. The van der Waals surface area contributed by atoms with Crippen molar-refractivity contribution in [2.24, 2.45) is 17.8 Å². The number of halogens is 13. The number of sulfonamides is 2. The van der Waals surface area contributed by atoms with Crippen LogP contribution in [0.1, 0.15) is 121 Å². The van der Waals surface area contributed by atoms with Gasteiger partial charge in [0.25, 0.3) is 15.0 Å². The van der Waals surface area contributed by atoms with Gasteiger partial charge in [-0.1, -0.05) is 87.8 Å². The number of methoxy groups -OCH3 is 3. The van der Waals surface area contributed by atoms with Crippen molar-refractivity contribution in [3.05, 3.63) is 227 Å². The molecular formula is C94H103Cl7F6N8O29S6. The van der Waals surface area contributed by atoms with Crippen LogP contribution in [0.5, 0.6) is 51.7 Å². The fraction of sp³-hybridized carbons (Fsp3) is 0.394. The topological polar surface area (TPSA) is 522 Å². The number of H-pyrrole nitrogens is 3. The number of hydrogen-bond acceptors (Lipinski definition) is 32. The van der Waals surface area contributed by atoms with Gasteiger partial charge in [-0.3, -0.25) is 10.1 Å². The molecule has 3 aromatic heterocycles.